The van der Waals surface area contributed by atoms with E-state index in [1.165, 1.54) is 32.1 Å². The van der Waals surface area contributed by atoms with Crippen LogP contribution in [0.2, 0.25) is 0 Å². The molecule has 1 saturated carbocycles. The highest BCUT2D eigenvalue weighted by atomic mass is 16.2. The fourth-order valence-corrected chi connectivity index (χ4v) is 3.53. The molecule has 3 unspecified atom stereocenters. The molecule has 3 atom stereocenters. The van der Waals surface area contributed by atoms with E-state index in [1.54, 1.807) is 0 Å². The van der Waals surface area contributed by atoms with E-state index in [0.29, 0.717) is 11.9 Å². The molecule has 1 saturated heterocycles. The van der Waals surface area contributed by atoms with Gasteiger partial charge in [-0.2, -0.15) is 0 Å². The van der Waals surface area contributed by atoms with Crippen LogP contribution in [0.4, 0.5) is 0 Å². The molecule has 1 aliphatic heterocycles. The number of rotatable bonds is 4. The summed E-state index contributed by atoms with van der Waals surface area (Å²) in [5.74, 6) is 1.13. The zero-order valence-electron chi connectivity index (χ0n) is 11.9. The first-order valence-electron chi connectivity index (χ1n) is 7.72. The molecule has 0 aromatic rings. The van der Waals surface area contributed by atoms with Gasteiger partial charge in [-0.05, 0) is 38.1 Å². The van der Waals surface area contributed by atoms with Gasteiger partial charge in [-0.15, -0.1) is 0 Å². The van der Waals surface area contributed by atoms with Crippen LogP contribution in [0.3, 0.4) is 0 Å². The highest BCUT2D eigenvalue weighted by Crippen LogP contribution is 2.31. The Balaban J connectivity index is 1.90. The summed E-state index contributed by atoms with van der Waals surface area (Å²) >= 11 is 0. The molecule has 3 heteroatoms. The summed E-state index contributed by atoms with van der Waals surface area (Å²) in [7, 11) is 0. The summed E-state index contributed by atoms with van der Waals surface area (Å²) in [6, 6.07) is 0.431. The zero-order chi connectivity index (χ0) is 13.0. The molecule has 1 heterocycles. The molecule has 1 amide bonds. The van der Waals surface area contributed by atoms with Gasteiger partial charge in [0.25, 0.3) is 0 Å². The van der Waals surface area contributed by atoms with Crippen molar-refractivity contribution in [1.29, 1.82) is 0 Å². The van der Waals surface area contributed by atoms with Crippen LogP contribution in [0.5, 0.6) is 0 Å². The molecule has 3 nitrogen and oxygen atoms in total. The fourth-order valence-electron chi connectivity index (χ4n) is 3.53. The van der Waals surface area contributed by atoms with Gasteiger partial charge < -0.3 is 10.6 Å². The maximum absolute atomic E-state index is 12.5. The monoisotopic (exact) mass is 252 g/mol. The van der Waals surface area contributed by atoms with Crippen molar-refractivity contribution in [2.24, 2.45) is 11.3 Å². The third-order valence-electron chi connectivity index (χ3n) is 5.10. The second kappa shape index (κ2) is 6.05. The lowest BCUT2D eigenvalue weighted by atomic mass is 9.81. The number of hydrogen-bond donors (Lipinski definition) is 2. The number of hydrogen-bond acceptors (Lipinski definition) is 2. The highest BCUT2D eigenvalue weighted by molar-refractivity contribution is 5.83. The maximum Gasteiger partial charge on any atom is 0.227 e. The van der Waals surface area contributed by atoms with Crippen molar-refractivity contribution in [3.8, 4) is 0 Å². The average molecular weight is 252 g/mol. The Morgan fingerprint density at radius 1 is 1.39 bits per heavy atom. The number of nitrogens with one attached hydrogen (secondary N) is 2. The molecular formula is C15H28N2O. The van der Waals surface area contributed by atoms with Crippen molar-refractivity contribution >= 4 is 5.91 Å². The van der Waals surface area contributed by atoms with Crippen LogP contribution in [-0.4, -0.2) is 25.0 Å². The van der Waals surface area contributed by atoms with E-state index in [1.807, 2.05) is 0 Å². The SMILES string of the molecule is CCC1CCCC(NC(=O)C2(CC)CCNC2)C1. The Bertz CT molecular complexity index is 284. The van der Waals surface area contributed by atoms with Crippen molar-refractivity contribution in [2.45, 2.75) is 64.8 Å². The van der Waals surface area contributed by atoms with Gasteiger partial charge in [0, 0.05) is 12.6 Å². The Hall–Kier alpha value is -0.570. The third-order valence-corrected chi connectivity index (χ3v) is 5.10. The van der Waals surface area contributed by atoms with Crippen LogP contribution in [-0.2, 0) is 4.79 Å². The molecule has 18 heavy (non-hydrogen) atoms. The number of amides is 1. The summed E-state index contributed by atoms with van der Waals surface area (Å²) in [6.45, 7) is 6.26. The van der Waals surface area contributed by atoms with Crippen LogP contribution in [0.25, 0.3) is 0 Å². The highest BCUT2D eigenvalue weighted by Gasteiger charge is 2.40. The molecule has 2 fully saturated rings. The van der Waals surface area contributed by atoms with Gasteiger partial charge in [-0.1, -0.05) is 33.1 Å². The van der Waals surface area contributed by atoms with Gasteiger partial charge in [0.05, 0.1) is 5.41 Å². The standard InChI is InChI=1S/C15H28N2O/c1-3-12-6-5-7-13(10-12)17-14(18)15(4-2)8-9-16-11-15/h12-13,16H,3-11H2,1-2H3,(H,17,18). The van der Waals surface area contributed by atoms with Gasteiger partial charge in [-0.3, -0.25) is 4.79 Å². The molecule has 0 radical (unpaired) electrons. The Labute approximate surface area is 111 Å². The predicted octanol–water partition coefficient (Wildman–Crippen LogP) is 2.46. The van der Waals surface area contributed by atoms with E-state index in [0.717, 1.165) is 31.8 Å². The second-order valence-corrected chi connectivity index (χ2v) is 6.17. The summed E-state index contributed by atoms with van der Waals surface area (Å²) in [5, 5.41) is 6.68. The predicted molar refractivity (Wildman–Crippen MR) is 74.4 cm³/mol. The first kappa shape index (κ1) is 13.9. The quantitative estimate of drug-likeness (QED) is 0.807. The molecule has 2 aliphatic rings. The van der Waals surface area contributed by atoms with Gasteiger partial charge in [0.2, 0.25) is 5.91 Å². The van der Waals surface area contributed by atoms with Crippen molar-refractivity contribution in [1.82, 2.24) is 10.6 Å². The first-order valence-corrected chi connectivity index (χ1v) is 7.72. The molecule has 104 valence electrons. The molecular weight excluding hydrogens is 224 g/mol. The topological polar surface area (TPSA) is 41.1 Å². The van der Waals surface area contributed by atoms with Crippen LogP contribution < -0.4 is 10.6 Å². The van der Waals surface area contributed by atoms with Crippen molar-refractivity contribution in [2.75, 3.05) is 13.1 Å². The van der Waals surface area contributed by atoms with E-state index in [4.69, 9.17) is 0 Å². The molecule has 0 aromatic carbocycles. The zero-order valence-corrected chi connectivity index (χ0v) is 11.9. The van der Waals surface area contributed by atoms with Gasteiger partial charge in [0.15, 0.2) is 0 Å². The molecule has 2 N–H and O–H groups in total. The average Bonchev–Trinajstić information content (AvgIpc) is 2.89. The van der Waals surface area contributed by atoms with Crippen LogP contribution in [0, 0.1) is 11.3 Å². The second-order valence-electron chi connectivity index (χ2n) is 6.17. The van der Waals surface area contributed by atoms with E-state index < -0.39 is 0 Å². The van der Waals surface area contributed by atoms with Crippen molar-refractivity contribution < 1.29 is 4.79 Å². The smallest absolute Gasteiger partial charge is 0.227 e. The lowest BCUT2D eigenvalue weighted by molar-refractivity contribution is -0.131. The molecule has 0 bridgehead atoms. The van der Waals surface area contributed by atoms with Crippen LogP contribution >= 0.6 is 0 Å². The van der Waals surface area contributed by atoms with E-state index in [9.17, 15) is 4.79 Å². The van der Waals surface area contributed by atoms with E-state index in [-0.39, 0.29) is 5.41 Å². The van der Waals surface area contributed by atoms with E-state index in [2.05, 4.69) is 24.5 Å². The summed E-state index contributed by atoms with van der Waals surface area (Å²) in [6.07, 6.45) is 8.21. The summed E-state index contributed by atoms with van der Waals surface area (Å²) < 4.78 is 0. The number of carbonyl (C=O) groups is 1. The van der Waals surface area contributed by atoms with Gasteiger partial charge in [-0.25, -0.2) is 0 Å². The lowest BCUT2D eigenvalue weighted by Crippen LogP contribution is -2.47. The van der Waals surface area contributed by atoms with Gasteiger partial charge in [0.1, 0.15) is 0 Å². The summed E-state index contributed by atoms with van der Waals surface area (Å²) in [5.41, 5.74) is -0.126. The minimum Gasteiger partial charge on any atom is -0.353 e. The fraction of sp³-hybridized carbons (Fsp3) is 0.933. The van der Waals surface area contributed by atoms with Crippen molar-refractivity contribution in [3.05, 3.63) is 0 Å². The summed E-state index contributed by atoms with van der Waals surface area (Å²) in [4.78, 5) is 12.5. The molecule has 0 spiro atoms. The van der Waals surface area contributed by atoms with E-state index >= 15 is 0 Å². The minimum absolute atomic E-state index is 0.126. The molecule has 1 aliphatic carbocycles. The Kier molecular flexibility index (Phi) is 4.66. The Morgan fingerprint density at radius 3 is 2.83 bits per heavy atom. The molecule has 2 rings (SSSR count). The third kappa shape index (κ3) is 2.87. The van der Waals surface area contributed by atoms with Crippen LogP contribution in [0.1, 0.15) is 58.8 Å². The van der Waals surface area contributed by atoms with Crippen molar-refractivity contribution in [3.63, 3.8) is 0 Å². The van der Waals surface area contributed by atoms with Crippen LogP contribution in [0.15, 0.2) is 0 Å². The Morgan fingerprint density at radius 2 is 2.22 bits per heavy atom. The first-order chi connectivity index (χ1) is 8.70. The maximum atomic E-state index is 12.5. The molecule has 0 aromatic heterocycles. The number of carbonyl (C=O) groups excluding carboxylic acids is 1. The van der Waals surface area contributed by atoms with Gasteiger partial charge >= 0.3 is 0 Å². The minimum atomic E-state index is -0.126. The normalized spacial score (nSPS) is 36.6. The largest absolute Gasteiger partial charge is 0.353 e. The lowest BCUT2D eigenvalue weighted by Gasteiger charge is -2.33.